The van der Waals surface area contributed by atoms with Crippen LogP contribution >= 0.6 is 0 Å². The van der Waals surface area contributed by atoms with Crippen molar-refractivity contribution >= 4 is 17.3 Å². The van der Waals surface area contributed by atoms with Gasteiger partial charge in [-0.1, -0.05) is 12.1 Å². The molecule has 3 aromatic carbocycles. The number of hydrogen-bond acceptors (Lipinski definition) is 4. The quantitative estimate of drug-likeness (QED) is 0.603. The van der Waals surface area contributed by atoms with Crippen LogP contribution < -0.4 is 20.1 Å². The van der Waals surface area contributed by atoms with Gasteiger partial charge in [0.25, 0.3) is 5.91 Å². The van der Waals surface area contributed by atoms with Crippen LogP contribution in [-0.4, -0.2) is 26.7 Å². The largest absolute Gasteiger partial charge is 0.497 e. The van der Waals surface area contributed by atoms with Crippen molar-refractivity contribution in [1.82, 2.24) is 0 Å². The van der Waals surface area contributed by atoms with Gasteiger partial charge in [0.05, 0.1) is 14.2 Å². The lowest BCUT2D eigenvalue weighted by molar-refractivity contribution is 0.102. The van der Waals surface area contributed by atoms with Gasteiger partial charge in [-0.05, 0) is 72.6 Å². The number of carbonyl (C=O) groups excluding carboxylic acids is 1. The maximum absolute atomic E-state index is 12.3. The maximum Gasteiger partial charge on any atom is 0.255 e. The van der Waals surface area contributed by atoms with E-state index in [9.17, 15) is 4.79 Å². The summed E-state index contributed by atoms with van der Waals surface area (Å²) in [5.41, 5.74) is 3.59. The van der Waals surface area contributed by atoms with Crippen molar-refractivity contribution in [2.45, 2.75) is 6.42 Å². The van der Waals surface area contributed by atoms with Crippen molar-refractivity contribution in [3.05, 3.63) is 83.9 Å². The molecule has 0 saturated heterocycles. The minimum atomic E-state index is -0.150. The summed E-state index contributed by atoms with van der Waals surface area (Å²) >= 11 is 0. The zero-order valence-corrected chi connectivity index (χ0v) is 16.1. The fourth-order valence-electron chi connectivity index (χ4n) is 2.76. The third-order valence-corrected chi connectivity index (χ3v) is 4.40. The Morgan fingerprint density at radius 1 is 0.750 bits per heavy atom. The van der Waals surface area contributed by atoms with E-state index in [1.165, 1.54) is 5.56 Å². The predicted molar refractivity (Wildman–Crippen MR) is 113 cm³/mol. The Labute approximate surface area is 165 Å². The van der Waals surface area contributed by atoms with Crippen LogP contribution in [0.25, 0.3) is 0 Å². The number of amides is 1. The van der Waals surface area contributed by atoms with E-state index >= 15 is 0 Å². The van der Waals surface area contributed by atoms with Crippen LogP contribution in [0.2, 0.25) is 0 Å². The molecule has 0 bridgehead atoms. The Balaban J connectivity index is 1.49. The average molecular weight is 376 g/mol. The lowest BCUT2D eigenvalue weighted by Crippen LogP contribution is -2.11. The van der Waals surface area contributed by atoms with Crippen LogP contribution in [0.3, 0.4) is 0 Å². The SMILES string of the molecule is COc1ccc(CCNc2ccc(NC(=O)c3ccc(OC)cc3)cc2)cc1. The van der Waals surface area contributed by atoms with Crippen molar-refractivity contribution in [3.8, 4) is 11.5 Å². The number of benzene rings is 3. The maximum atomic E-state index is 12.3. The zero-order chi connectivity index (χ0) is 19.8. The number of rotatable bonds is 8. The van der Waals surface area contributed by atoms with Crippen molar-refractivity contribution in [2.75, 3.05) is 31.4 Å². The first-order valence-electron chi connectivity index (χ1n) is 9.10. The molecule has 0 spiro atoms. The molecular weight excluding hydrogens is 352 g/mol. The van der Waals surface area contributed by atoms with Crippen molar-refractivity contribution in [2.24, 2.45) is 0 Å². The standard InChI is InChI=1S/C23H24N2O3/c1-27-21-11-3-17(4-12-21)15-16-24-19-7-9-20(10-8-19)25-23(26)18-5-13-22(28-2)14-6-18/h3-14,24H,15-16H2,1-2H3,(H,25,26). The molecule has 0 aromatic heterocycles. The van der Waals surface area contributed by atoms with Crippen molar-refractivity contribution in [3.63, 3.8) is 0 Å². The van der Waals surface area contributed by atoms with Gasteiger partial charge in [-0.25, -0.2) is 0 Å². The van der Waals surface area contributed by atoms with Crippen LogP contribution in [0.15, 0.2) is 72.8 Å². The van der Waals surface area contributed by atoms with Gasteiger partial charge in [-0.2, -0.15) is 0 Å². The molecule has 0 saturated carbocycles. The highest BCUT2D eigenvalue weighted by Crippen LogP contribution is 2.17. The molecule has 144 valence electrons. The Morgan fingerprint density at radius 2 is 1.29 bits per heavy atom. The van der Waals surface area contributed by atoms with Crippen molar-refractivity contribution in [1.29, 1.82) is 0 Å². The van der Waals surface area contributed by atoms with Crippen LogP contribution in [0.5, 0.6) is 11.5 Å². The van der Waals surface area contributed by atoms with Gasteiger partial charge in [0.1, 0.15) is 11.5 Å². The first-order valence-corrected chi connectivity index (χ1v) is 9.10. The van der Waals surface area contributed by atoms with E-state index in [1.807, 2.05) is 36.4 Å². The van der Waals surface area contributed by atoms with E-state index in [0.29, 0.717) is 5.56 Å². The highest BCUT2D eigenvalue weighted by Gasteiger charge is 2.06. The number of nitrogens with one attached hydrogen (secondary N) is 2. The third-order valence-electron chi connectivity index (χ3n) is 4.40. The molecule has 3 aromatic rings. The summed E-state index contributed by atoms with van der Waals surface area (Å²) in [5.74, 6) is 1.44. The second-order valence-electron chi connectivity index (χ2n) is 6.28. The molecule has 0 atom stereocenters. The molecule has 28 heavy (non-hydrogen) atoms. The van der Waals surface area contributed by atoms with E-state index in [1.54, 1.807) is 38.5 Å². The number of hydrogen-bond donors (Lipinski definition) is 2. The Hall–Kier alpha value is -3.47. The third kappa shape index (κ3) is 5.27. The van der Waals surface area contributed by atoms with Crippen LogP contribution in [-0.2, 0) is 6.42 Å². The van der Waals surface area contributed by atoms with E-state index < -0.39 is 0 Å². The number of carbonyl (C=O) groups is 1. The second-order valence-corrected chi connectivity index (χ2v) is 6.28. The molecule has 0 heterocycles. The number of anilines is 2. The summed E-state index contributed by atoms with van der Waals surface area (Å²) < 4.78 is 10.3. The predicted octanol–water partition coefficient (Wildman–Crippen LogP) is 4.61. The Kier molecular flexibility index (Phi) is 6.52. The van der Waals surface area contributed by atoms with Gasteiger partial charge in [0, 0.05) is 23.5 Å². The monoisotopic (exact) mass is 376 g/mol. The van der Waals surface area contributed by atoms with Gasteiger partial charge in [0.15, 0.2) is 0 Å². The van der Waals surface area contributed by atoms with Gasteiger partial charge >= 0.3 is 0 Å². The minimum Gasteiger partial charge on any atom is -0.497 e. The molecule has 5 nitrogen and oxygen atoms in total. The molecule has 3 rings (SSSR count). The number of methoxy groups -OCH3 is 2. The smallest absolute Gasteiger partial charge is 0.255 e. The van der Waals surface area contributed by atoms with Crippen LogP contribution in [0.4, 0.5) is 11.4 Å². The fraction of sp³-hybridized carbons (Fsp3) is 0.174. The summed E-state index contributed by atoms with van der Waals surface area (Å²) in [5, 5.41) is 6.29. The Bertz CT molecular complexity index is 889. The summed E-state index contributed by atoms with van der Waals surface area (Å²) in [4.78, 5) is 12.3. The highest BCUT2D eigenvalue weighted by atomic mass is 16.5. The molecule has 0 unspecified atom stereocenters. The first kappa shape index (κ1) is 19.3. The normalized spacial score (nSPS) is 10.2. The minimum absolute atomic E-state index is 0.150. The second kappa shape index (κ2) is 9.46. The van der Waals surface area contributed by atoms with E-state index in [0.717, 1.165) is 35.8 Å². The average Bonchev–Trinajstić information content (AvgIpc) is 2.75. The number of ether oxygens (including phenoxy) is 2. The van der Waals surface area contributed by atoms with Crippen LogP contribution in [0, 0.1) is 0 Å². The summed E-state index contributed by atoms with van der Waals surface area (Å²) in [7, 11) is 3.27. The van der Waals surface area contributed by atoms with Gasteiger partial charge in [-0.15, -0.1) is 0 Å². The van der Waals surface area contributed by atoms with E-state index in [-0.39, 0.29) is 5.91 Å². The van der Waals surface area contributed by atoms with Crippen molar-refractivity contribution < 1.29 is 14.3 Å². The molecule has 0 aliphatic heterocycles. The molecule has 0 radical (unpaired) electrons. The topological polar surface area (TPSA) is 59.6 Å². The van der Waals surface area contributed by atoms with Gasteiger partial charge in [-0.3, -0.25) is 4.79 Å². The van der Waals surface area contributed by atoms with E-state index in [4.69, 9.17) is 9.47 Å². The summed E-state index contributed by atoms with van der Waals surface area (Å²) in [6, 6.07) is 22.8. The fourth-order valence-corrected chi connectivity index (χ4v) is 2.76. The highest BCUT2D eigenvalue weighted by molar-refractivity contribution is 6.04. The van der Waals surface area contributed by atoms with Gasteiger partial charge in [0.2, 0.25) is 0 Å². The molecule has 2 N–H and O–H groups in total. The van der Waals surface area contributed by atoms with Gasteiger partial charge < -0.3 is 20.1 Å². The molecule has 0 fully saturated rings. The molecule has 0 aliphatic rings. The summed E-state index contributed by atoms with van der Waals surface area (Å²) in [6.45, 7) is 0.823. The van der Waals surface area contributed by atoms with E-state index in [2.05, 4.69) is 22.8 Å². The lowest BCUT2D eigenvalue weighted by Gasteiger charge is -2.09. The molecule has 0 aliphatic carbocycles. The first-order chi connectivity index (χ1) is 13.7. The lowest BCUT2D eigenvalue weighted by atomic mass is 10.1. The molecular formula is C23H24N2O3. The zero-order valence-electron chi connectivity index (χ0n) is 16.1. The molecule has 5 heteroatoms. The Morgan fingerprint density at radius 3 is 1.86 bits per heavy atom. The van der Waals surface area contributed by atoms with Crippen LogP contribution in [0.1, 0.15) is 15.9 Å². The molecule has 1 amide bonds. The summed E-state index contributed by atoms with van der Waals surface area (Å²) in [6.07, 6.45) is 0.917.